The lowest BCUT2D eigenvalue weighted by Gasteiger charge is -2.06. The van der Waals surface area contributed by atoms with Crippen LogP contribution in [0.15, 0.2) is 59.2 Å². The van der Waals surface area contributed by atoms with E-state index in [0.29, 0.717) is 0 Å². The minimum atomic E-state index is -0.462. The molecule has 3 aromatic rings. The Hall–Kier alpha value is -2.27. The molecule has 0 saturated carbocycles. The zero-order chi connectivity index (χ0) is 15.5. The minimum absolute atomic E-state index is 0.251. The van der Waals surface area contributed by atoms with Crippen LogP contribution in [0.25, 0.3) is 10.9 Å². The Balaban J connectivity index is 1.73. The van der Waals surface area contributed by atoms with Crippen LogP contribution in [-0.2, 0) is 18.4 Å². The zero-order valence-corrected chi connectivity index (χ0v) is 13.6. The highest BCUT2D eigenvalue weighted by atomic mass is 79.9. The monoisotopic (exact) mass is 358 g/mol. The molecule has 22 heavy (non-hydrogen) atoms. The molecule has 0 radical (unpaired) electrons. The summed E-state index contributed by atoms with van der Waals surface area (Å²) in [7, 11) is 1.94. The molecule has 0 aliphatic heterocycles. The fourth-order valence-electron chi connectivity index (χ4n) is 2.39. The van der Waals surface area contributed by atoms with Crippen molar-refractivity contribution in [2.24, 2.45) is 7.05 Å². The second-order valence-electron chi connectivity index (χ2n) is 4.98. The lowest BCUT2D eigenvalue weighted by atomic mass is 10.2. The average molecular weight is 359 g/mol. The average Bonchev–Trinajstić information content (AvgIpc) is 2.84. The summed E-state index contributed by atoms with van der Waals surface area (Å²) in [4.78, 5) is 12.0. The van der Waals surface area contributed by atoms with E-state index in [9.17, 15) is 4.79 Å². The molecule has 1 amide bonds. The van der Waals surface area contributed by atoms with Crippen molar-refractivity contribution in [3.63, 3.8) is 0 Å². The number of rotatable bonds is 3. The number of hydrogen-bond donors (Lipinski definition) is 1. The number of aromatic nitrogens is 1. The van der Waals surface area contributed by atoms with Crippen LogP contribution in [-0.4, -0.2) is 10.7 Å². The third-order valence-electron chi connectivity index (χ3n) is 3.40. The van der Waals surface area contributed by atoms with Crippen molar-refractivity contribution in [1.29, 1.82) is 0 Å². The van der Waals surface area contributed by atoms with E-state index in [1.54, 1.807) is 0 Å². The second kappa shape index (κ2) is 6.23. The summed E-state index contributed by atoms with van der Waals surface area (Å²) >= 11 is 3.52. The number of nitrogens with zero attached hydrogens (tertiary/aromatic N) is 1. The summed E-state index contributed by atoms with van der Waals surface area (Å²) in [6.07, 6.45) is 1.41. The van der Waals surface area contributed by atoms with Crippen molar-refractivity contribution in [1.82, 2.24) is 4.57 Å². The van der Waals surface area contributed by atoms with Gasteiger partial charge in [-0.05, 0) is 27.6 Å². The Morgan fingerprint density at radius 1 is 1.18 bits per heavy atom. The first-order valence-corrected chi connectivity index (χ1v) is 7.65. The number of benzene rings is 2. The van der Waals surface area contributed by atoms with Crippen LogP contribution in [0.3, 0.4) is 0 Å². The van der Waals surface area contributed by atoms with E-state index in [4.69, 9.17) is 4.74 Å². The van der Waals surface area contributed by atoms with Crippen molar-refractivity contribution in [3.05, 3.63) is 64.8 Å². The van der Waals surface area contributed by atoms with Gasteiger partial charge in [-0.15, -0.1) is 0 Å². The quantitative estimate of drug-likeness (QED) is 0.737. The highest BCUT2D eigenvalue weighted by molar-refractivity contribution is 9.10. The van der Waals surface area contributed by atoms with Gasteiger partial charge < -0.3 is 9.30 Å². The molecule has 0 bridgehead atoms. The molecule has 0 aliphatic rings. The van der Waals surface area contributed by atoms with Gasteiger partial charge in [0, 0.05) is 23.1 Å². The number of carbonyl (C=O) groups is 1. The van der Waals surface area contributed by atoms with Crippen molar-refractivity contribution in [2.75, 3.05) is 5.32 Å². The van der Waals surface area contributed by atoms with Crippen LogP contribution in [0.5, 0.6) is 0 Å². The van der Waals surface area contributed by atoms with Gasteiger partial charge in [0.1, 0.15) is 6.61 Å². The number of halogens is 1. The normalized spacial score (nSPS) is 10.6. The van der Waals surface area contributed by atoms with Crippen LogP contribution in [0.4, 0.5) is 10.5 Å². The molecular weight excluding hydrogens is 344 g/mol. The maximum Gasteiger partial charge on any atom is 0.412 e. The van der Waals surface area contributed by atoms with Crippen LogP contribution >= 0.6 is 15.9 Å². The van der Waals surface area contributed by atoms with Gasteiger partial charge in [0.05, 0.1) is 11.2 Å². The van der Waals surface area contributed by atoms with Crippen LogP contribution in [0, 0.1) is 0 Å². The molecule has 112 valence electrons. The molecule has 4 nitrogen and oxygen atoms in total. The van der Waals surface area contributed by atoms with Gasteiger partial charge >= 0.3 is 6.09 Å². The van der Waals surface area contributed by atoms with E-state index in [1.165, 1.54) is 0 Å². The van der Waals surface area contributed by atoms with E-state index in [0.717, 1.165) is 26.6 Å². The van der Waals surface area contributed by atoms with Gasteiger partial charge in [-0.25, -0.2) is 4.79 Å². The van der Waals surface area contributed by atoms with E-state index < -0.39 is 6.09 Å². The van der Waals surface area contributed by atoms with Gasteiger partial charge in [0.15, 0.2) is 0 Å². The van der Waals surface area contributed by atoms with Crippen LogP contribution in [0.2, 0.25) is 0 Å². The summed E-state index contributed by atoms with van der Waals surface area (Å²) in [5.41, 5.74) is 2.72. The van der Waals surface area contributed by atoms with Gasteiger partial charge in [-0.3, -0.25) is 5.32 Å². The summed E-state index contributed by atoms with van der Waals surface area (Å²) < 4.78 is 8.20. The Labute approximate surface area is 136 Å². The number of hydrogen-bond acceptors (Lipinski definition) is 2. The fraction of sp³-hybridized carbons (Fsp3) is 0.118. The topological polar surface area (TPSA) is 43.3 Å². The molecule has 0 aliphatic carbocycles. The predicted octanol–water partition coefficient (Wildman–Crippen LogP) is 4.69. The second-order valence-corrected chi connectivity index (χ2v) is 5.83. The molecule has 0 fully saturated rings. The number of fused-ring (bicyclic) bond motifs is 1. The van der Waals surface area contributed by atoms with E-state index in [2.05, 4.69) is 21.2 Å². The molecule has 0 saturated heterocycles. The summed E-state index contributed by atoms with van der Waals surface area (Å²) in [6.45, 7) is 0.251. The molecule has 5 heteroatoms. The number of ether oxygens (including phenoxy) is 1. The molecule has 3 rings (SSSR count). The molecule has 1 aromatic heterocycles. The Bertz CT molecular complexity index is 812. The fourth-order valence-corrected chi connectivity index (χ4v) is 3.03. The standard InChI is InChI=1S/C17H15BrN2O2/c1-20-10-15(13-8-5-9-14(18)16(13)20)19-17(21)22-11-12-6-3-2-4-7-12/h2-10H,11H2,1H3,(H,19,21). The third kappa shape index (κ3) is 2.99. The first-order valence-electron chi connectivity index (χ1n) is 6.86. The zero-order valence-electron chi connectivity index (χ0n) is 12.0. The minimum Gasteiger partial charge on any atom is -0.444 e. The SMILES string of the molecule is Cn1cc(NC(=O)OCc2ccccc2)c2cccc(Br)c21. The molecule has 2 aromatic carbocycles. The van der Waals surface area contributed by atoms with Crippen molar-refractivity contribution < 1.29 is 9.53 Å². The first kappa shape index (κ1) is 14.7. The molecule has 0 atom stereocenters. The number of para-hydroxylation sites is 1. The number of nitrogens with one attached hydrogen (secondary N) is 1. The maximum absolute atomic E-state index is 12.0. The number of anilines is 1. The van der Waals surface area contributed by atoms with Crippen LogP contribution in [0.1, 0.15) is 5.56 Å². The van der Waals surface area contributed by atoms with Crippen molar-refractivity contribution >= 4 is 38.6 Å². The first-order chi connectivity index (χ1) is 10.6. The Kier molecular flexibility index (Phi) is 4.15. The predicted molar refractivity (Wildman–Crippen MR) is 90.9 cm³/mol. The number of aryl methyl sites for hydroxylation is 1. The summed E-state index contributed by atoms with van der Waals surface area (Å²) in [6, 6.07) is 15.5. The molecular formula is C17H15BrN2O2. The summed E-state index contributed by atoms with van der Waals surface area (Å²) in [5, 5.41) is 3.77. The smallest absolute Gasteiger partial charge is 0.412 e. The molecule has 0 spiro atoms. The van der Waals surface area contributed by atoms with Gasteiger partial charge in [-0.1, -0.05) is 42.5 Å². The highest BCUT2D eigenvalue weighted by Gasteiger charge is 2.12. The van der Waals surface area contributed by atoms with E-state index >= 15 is 0 Å². The molecule has 0 unspecified atom stereocenters. The lowest BCUT2D eigenvalue weighted by molar-refractivity contribution is 0.155. The molecule has 1 heterocycles. The summed E-state index contributed by atoms with van der Waals surface area (Å²) in [5.74, 6) is 0. The van der Waals surface area contributed by atoms with Gasteiger partial charge in [-0.2, -0.15) is 0 Å². The van der Waals surface area contributed by atoms with Gasteiger partial charge in [0.2, 0.25) is 0 Å². The van der Waals surface area contributed by atoms with Crippen molar-refractivity contribution in [2.45, 2.75) is 6.61 Å². The lowest BCUT2D eigenvalue weighted by Crippen LogP contribution is -2.13. The third-order valence-corrected chi connectivity index (χ3v) is 4.04. The number of amides is 1. The Morgan fingerprint density at radius 2 is 1.95 bits per heavy atom. The van der Waals surface area contributed by atoms with Crippen LogP contribution < -0.4 is 5.32 Å². The van der Waals surface area contributed by atoms with Crippen molar-refractivity contribution in [3.8, 4) is 0 Å². The van der Waals surface area contributed by atoms with E-state index in [-0.39, 0.29) is 6.61 Å². The number of carbonyl (C=O) groups excluding carboxylic acids is 1. The van der Waals surface area contributed by atoms with Gasteiger partial charge in [0.25, 0.3) is 0 Å². The largest absolute Gasteiger partial charge is 0.444 e. The maximum atomic E-state index is 12.0. The Morgan fingerprint density at radius 3 is 2.73 bits per heavy atom. The van der Waals surface area contributed by atoms with E-state index in [1.807, 2.05) is 66.3 Å². The highest BCUT2D eigenvalue weighted by Crippen LogP contribution is 2.30. The molecule has 1 N–H and O–H groups in total.